The van der Waals surface area contributed by atoms with Crippen LogP contribution < -0.4 is 10.6 Å². The molecule has 1 aliphatic rings. The Kier molecular flexibility index (Phi) is 3.87. The van der Waals surface area contributed by atoms with Crippen LogP contribution in [0.5, 0.6) is 0 Å². The van der Waals surface area contributed by atoms with Gasteiger partial charge in [0.15, 0.2) is 0 Å². The summed E-state index contributed by atoms with van der Waals surface area (Å²) in [4.78, 5) is 12.1. The van der Waals surface area contributed by atoms with E-state index in [1.54, 1.807) is 0 Å². The third-order valence-electron chi connectivity index (χ3n) is 3.29. The first-order valence-corrected chi connectivity index (χ1v) is 6.31. The maximum Gasteiger partial charge on any atom is 0.251 e. The molecule has 1 fully saturated rings. The third kappa shape index (κ3) is 3.01. The predicted molar refractivity (Wildman–Crippen MR) is 71.9 cm³/mol. The van der Waals surface area contributed by atoms with Crippen LogP contribution in [0.25, 0.3) is 0 Å². The van der Waals surface area contributed by atoms with Gasteiger partial charge in [0, 0.05) is 24.9 Å². The largest absolute Gasteiger partial charge is 0.388 e. The minimum atomic E-state index is -0.239. The van der Waals surface area contributed by atoms with E-state index in [0.29, 0.717) is 12.2 Å². The van der Waals surface area contributed by atoms with Crippen LogP contribution in [0.3, 0.4) is 0 Å². The van der Waals surface area contributed by atoms with E-state index >= 15 is 0 Å². The molecule has 0 saturated carbocycles. The molecule has 1 aromatic carbocycles. The third-order valence-corrected chi connectivity index (χ3v) is 3.29. The molecule has 4 nitrogen and oxygen atoms in total. The van der Waals surface area contributed by atoms with Crippen molar-refractivity contribution in [3.63, 3.8) is 0 Å². The molecule has 0 radical (unpaired) electrons. The van der Waals surface area contributed by atoms with Gasteiger partial charge in [0.1, 0.15) is 0 Å². The number of carbonyl (C=O) groups excluding carboxylic acids is 1. The molecule has 1 aromatic rings. The highest BCUT2D eigenvalue weighted by Gasteiger charge is 2.29. The van der Waals surface area contributed by atoms with Crippen LogP contribution in [0, 0.1) is 0 Å². The summed E-state index contributed by atoms with van der Waals surface area (Å²) in [6.07, 6.45) is 1.96. The van der Waals surface area contributed by atoms with E-state index in [9.17, 15) is 4.79 Å². The first-order chi connectivity index (χ1) is 8.63. The zero-order valence-electron chi connectivity index (χ0n) is 11.0. The quantitative estimate of drug-likeness (QED) is 0.860. The molecule has 98 valence electrons. The van der Waals surface area contributed by atoms with Gasteiger partial charge in [-0.25, -0.2) is 0 Å². The molecule has 4 heteroatoms. The fraction of sp³-hybridized carbons (Fsp3) is 0.500. The second kappa shape index (κ2) is 5.40. The second-order valence-electron chi connectivity index (χ2n) is 5.00. The van der Waals surface area contributed by atoms with Crippen molar-refractivity contribution >= 4 is 11.6 Å². The number of ether oxygens (including phenoxy) is 1. The Morgan fingerprint density at radius 1 is 1.33 bits per heavy atom. The van der Waals surface area contributed by atoms with Gasteiger partial charge >= 0.3 is 0 Å². The molecule has 1 aliphatic heterocycles. The number of hydrogen-bond donors (Lipinski definition) is 2. The fourth-order valence-electron chi connectivity index (χ4n) is 2.17. The van der Waals surface area contributed by atoms with Crippen molar-refractivity contribution in [1.29, 1.82) is 0 Å². The predicted octanol–water partition coefficient (Wildman–Crippen LogP) is 2.03. The summed E-state index contributed by atoms with van der Waals surface area (Å²) < 4.78 is 5.43. The molecular formula is C14H20N2O2. The number of carbonyl (C=O) groups is 1. The van der Waals surface area contributed by atoms with Crippen molar-refractivity contribution in [1.82, 2.24) is 5.32 Å². The van der Waals surface area contributed by atoms with E-state index in [4.69, 9.17) is 4.74 Å². The molecule has 0 aliphatic carbocycles. The summed E-state index contributed by atoms with van der Waals surface area (Å²) >= 11 is 0. The van der Waals surface area contributed by atoms with Crippen LogP contribution in [0.2, 0.25) is 0 Å². The van der Waals surface area contributed by atoms with E-state index < -0.39 is 0 Å². The minimum absolute atomic E-state index is 0.0364. The number of rotatable bonds is 3. The smallest absolute Gasteiger partial charge is 0.251 e. The second-order valence-corrected chi connectivity index (χ2v) is 5.00. The molecule has 0 spiro atoms. The lowest BCUT2D eigenvalue weighted by Crippen LogP contribution is -2.51. The van der Waals surface area contributed by atoms with Gasteiger partial charge in [-0.2, -0.15) is 0 Å². The highest BCUT2D eigenvalue weighted by Crippen LogP contribution is 2.19. The molecule has 1 atom stereocenters. The van der Waals surface area contributed by atoms with E-state index in [0.717, 1.165) is 25.1 Å². The summed E-state index contributed by atoms with van der Waals surface area (Å²) in [6.45, 7) is 3.42. The van der Waals surface area contributed by atoms with Gasteiger partial charge in [-0.1, -0.05) is 0 Å². The zero-order valence-corrected chi connectivity index (χ0v) is 11.0. The van der Waals surface area contributed by atoms with Crippen LogP contribution in [0.1, 0.15) is 30.1 Å². The lowest BCUT2D eigenvalue weighted by Gasteiger charge is -2.34. The van der Waals surface area contributed by atoms with Crippen molar-refractivity contribution in [3.8, 4) is 0 Å². The van der Waals surface area contributed by atoms with Crippen LogP contribution in [0.15, 0.2) is 24.3 Å². The summed E-state index contributed by atoms with van der Waals surface area (Å²) in [5.74, 6) is -0.0364. The molecular weight excluding hydrogens is 228 g/mol. The van der Waals surface area contributed by atoms with Crippen molar-refractivity contribution in [2.24, 2.45) is 0 Å². The highest BCUT2D eigenvalue weighted by atomic mass is 16.5. The van der Waals surface area contributed by atoms with Gasteiger partial charge < -0.3 is 15.4 Å². The van der Waals surface area contributed by atoms with Gasteiger partial charge in [0.25, 0.3) is 5.91 Å². The van der Waals surface area contributed by atoms with Crippen molar-refractivity contribution < 1.29 is 9.53 Å². The van der Waals surface area contributed by atoms with Gasteiger partial charge in [-0.15, -0.1) is 0 Å². The van der Waals surface area contributed by atoms with Gasteiger partial charge in [-0.3, -0.25) is 4.79 Å². The Balaban J connectivity index is 2.02. The molecule has 2 rings (SSSR count). The number of amides is 1. The SMILES string of the molecule is CNc1ccc(C(=O)NC2(C)CCCOC2)cc1. The molecule has 1 unspecified atom stereocenters. The van der Waals surface area contributed by atoms with E-state index in [-0.39, 0.29) is 11.4 Å². The summed E-state index contributed by atoms with van der Waals surface area (Å²) in [5, 5.41) is 6.09. The molecule has 0 aromatic heterocycles. The normalized spacial score (nSPS) is 23.4. The van der Waals surface area contributed by atoms with Crippen molar-refractivity contribution in [3.05, 3.63) is 29.8 Å². The van der Waals surface area contributed by atoms with Gasteiger partial charge in [0.2, 0.25) is 0 Å². The Bertz CT molecular complexity index is 408. The van der Waals surface area contributed by atoms with Crippen LogP contribution >= 0.6 is 0 Å². The fourth-order valence-corrected chi connectivity index (χ4v) is 2.17. The Labute approximate surface area is 108 Å². The molecule has 1 amide bonds. The van der Waals surface area contributed by atoms with E-state index in [2.05, 4.69) is 10.6 Å². The lowest BCUT2D eigenvalue weighted by molar-refractivity contribution is 0.0272. The van der Waals surface area contributed by atoms with Crippen molar-refractivity contribution in [2.75, 3.05) is 25.6 Å². The first-order valence-electron chi connectivity index (χ1n) is 6.31. The zero-order chi connectivity index (χ0) is 13.0. The van der Waals surface area contributed by atoms with Crippen LogP contribution in [0.4, 0.5) is 5.69 Å². The highest BCUT2D eigenvalue weighted by molar-refractivity contribution is 5.95. The van der Waals surface area contributed by atoms with Gasteiger partial charge in [-0.05, 0) is 44.0 Å². The van der Waals surface area contributed by atoms with E-state index in [1.807, 2.05) is 38.2 Å². The van der Waals surface area contributed by atoms with E-state index in [1.165, 1.54) is 0 Å². The molecule has 0 bridgehead atoms. The van der Waals surface area contributed by atoms with Crippen molar-refractivity contribution in [2.45, 2.75) is 25.3 Å². The Morgan fingerprint density at radius 3 is 2.61 bits per heavy atom. The Hall–Kier alpha value is -1.55. The Morgan fingerprint density at radius 2 is 2.06 bits per heavy atom. The maximum absolute atomic E-state index is 12.1. The number of anilines is 1. The standard InChI is InChI=1S/C14H20N2O2/c1-14(8-3-9-18-10-14)16-13(17)11-4-6-12(15-2)7-5-11/h4-7,15H,3,8-10H2,1-2H3,(H,16,17). The number of hydrogen-bond acceptors (Lipinski definition) is 3. The molecule has 1 saturated heterocycles. The van der Waals surface area contributed by atoms with Crippen LogP contribution in [-0.4, -0.2) is 31.7 Å². The molecule has 18 heavy (non-hydrogen) atoms. The topological polar surface area (TPSA) is 50.4 Å². The summed E-state index contributed by atoms with van der Waals surface area (Å²) in [5.41, 5.74) is 1.44. The maximum atomic E-state index is 12.1. The summed E-state index contributed by atoms with van der Waals surface area (Å²) in [7, 11) is 1.86. The molecule has 1 heterocycles. The molecule has 2 N–H and O–H groups in total. The average Bonchev–Trinajstić information content (AvgIpc) is 2.39. The first kappa shape index (κ1) is 12.9. The van der Waals surface area contributed by atoms with Gasteiger partial charge in [0.05, 0.1) is 12.1 Å². The number of nitrogens with one attached hydrogen (secondary N) is 2. The monoisotopic (exact) mass is 248 g/mol. The number of benzene rings is 1. The van der Waals surface area contributed by atoms with Crippen LogP contribution in [-0.2, 0) is 4.74 Å². The lowest BCUT2D eigenvalue weighted by atomic mass is 9.94. The average molecular weight is 248 g/mol. The summed E-state index contributed by atoms with van der Waals surface area (Å²) in [6, 6.07) is 7.45. The minimum Gasteiger partial charge on any atom is -0.388 e.